The number of amides is 1. The van der Waals surface area contributed by atoms with E-state index in [9.17, 15) is 9.59 Å². The van der Waals surface area contributed by atoms with E-state index >= 15 is 0 Å². The molecule has 0 saturated carbocycles. The van der Waals surface area contributed by atoms with Crippen molar-refractivity contribution >= 4 is 39.3 Å². The van der Waals surface area contributed by atoms with Crippen LogP contribution in [0.25, 0.3) is 22.1 Å². The van der Waals surface area contributed by atoms with Crippen LogP contribution in [0, 0.1) is 0 Å². The van der Waals surface area contributed by atoms with Gasteiger partial charge in [0.15, 0.2) is 0 Å². The third-order valence-corrected chi connectivity index (χ3v) is 6.58. The lowest BCUT2D eigenvalue weighted by Gasteiger charge is -2.27. The van der Waals surface area contributed by atoms with Crippen LogP contribution >= 0.6 is 11.3 Å². The van der Waals surface area contributed by atoms with Crippen LogP contribution in [0.3, 0.4) is 0 Å². The third-order valence-electron chi connectivity index (χ3n) is 5.61. The van der Waals surface area contributed by atoms with Crippen molar-refractivity contribution in [3.05, 3.63) is 63.3 Å². The van der Waals surface area contributed by atoms with Crippen LogP contribution in [0.1, 0.15) is 23.8 Å². The number of aromatic nitrogens is 2. The summed E-state index contributed by atoms with van der Waals surface area (Å²) in [6, 6.07) is 11.7. The van der Waals surface area contributed by atoms with Gasteiger partial charge in [0.25, 0.3) is 5.56 Å². The van der Waals surface area contributed by atoms with E-state index in [1.54, 1.807) is 17.4 Å². The van der Waals surface area contributed by atoms with E-state index < -0.39 is 0 Å². The molecule has 1 fully saturated rings. The number of rotatable bonds is 6. The number of benzene rings is 1. The highest BCUT2D eigenvalue weighted by Crippen LogP contribution is 2.28. The number of hydrogen-bond acceptors (Lipinski definition) is 6. The number of nitrogens with one attached hydrogen (secondary N) is 1. The summed E-state index contributed by atoms with van der Waals surface area (Å²) < 4.78 is 6.99. The summed E-state index contributed by atoms with van der Waals surface area (Å²) in [6.45, 7) is 2.53. The molecular weight excluding hydrogens is 400 g/mol. The molecule has 1 unspecified atom stereocenters. The molecular formula is C22H22N4O3S. The van der Waals surface area contributed by atoms with Gasteiger partial charge in [-0.25, -0.2) is 4.98 Å². The number of carbonyl (C=O) groups is 1. The maximum Gasteiger partial charge on any atom is 0.297 e. The highest BCUT2D eigenvalue weighted by Gasteiger charge is 2.25. The third kappa shape index (κ3) is 3.53. The number of carbonyl (C=O) groups excluding carboxylic acids is 1. The Hall–Kier alpha value is -2.97. The van der Waals surface area contributed by atoms with Crippen LogP contribution in [0.4, 0.5) is 0 Å². The van der Waals surface area contributed by atoms with Gasteiger partial charge in [-0.15, -0.1) is 11.3 Å². The minimum atomic E-state index is -0.347. The molecule has 7 nitrogen and oxygen atoms in total. The second-order valence-corrected chi connectivity index (χ2v) is 8.51. The van der Waals surface area contributed by atoms with E-state index in [1.807, 2.05) is 24.3 Å². The number of fused-ring (bicyclic) bond motifs is 3. The van der Waals surface area contributed by atoms with Crippen molar-refractivity contribution in [3.63, 3.8) is 0 Å². The molecule has 3 aromatic heterocycles. The van der Waals surface area contributed by atoms with Gasteiger partial charge in [0.1, 0.15) is 17.6 Å². The van der Waals surface area contributed by atoms with Crippen molar-refractivity contribution in [2.24, 2.45) is 0 Å². The van der Waals surface area contributed by atoms with Crippen molar-refractivity contribution in [1.29, 1.82) is 0 Å². The summed E-state index contributed by atoms with van der Waals surface area (Å²) in [6.07, 6.45) is 3.80. The molecule has 1 N–H and O–H groups in total. The first-order chi connectivity index (χ1) is 14.7. The zero-order valence-electron chi connectivity index (χ0n) is 16.4. The fourth-order valence-corrected chi connectivity index (χ4v) is 4.95. The Bertz CT molecular complexity index is 1240. The zero-order valence-corrected chi connectivity index (χ0v) is 17.2. The molecule has 4 heterocycles. The molecule has 8 heteroatoms. The summed E-state index contributed by atoms with van der Waals surface area (Å²) in [5.74, 6) is -0.213. The number of para-hydroxylation sites is 1. The first-order valence-electron chi connectivity index (χ1n) is 10.1. The number of likely N-dealkylation sites (tertiary alicyclic amines) is 1. The van der Waals surface area contributed by atoms with Crippen molar-refractivity contribution in [2.75, 3.05) is 19.6 Å². The highest BCUT2D eigenvalue weighted by molar-refractivity contribution is 7.10. The number of hydrogen-bond donors (Lipinski definition) is 1. The van der Waals surface area contributed by atoms with Gasteiger partial charge in [-0.2, -0.15) is 0 Å². The van der Waals surface area contributed by atoms with E-state index in [1.165, 1.54) is 28.6 Å². The van der Waals surface area contributed by atoms with E-state index in [4.69, 9.17) is 4.42 Å². The van der Waals surface area contributed by atoms with Crippen molar-refractivity contribution in [2.45, 2.75) is 25.4 Å². The zero-order chi connectivity index (χ0) is 20.5. The van der Waals surface area contributed by atoms with E-state index in [0.717, 1.165) is 18.5 Å². The monoisotopic (exact) mass is 422 g/mol. The first-order valence-corrected chi connectivity index (χ1v) is 11.0. The van der Waals surface area contributed by atoms with Gasteiger partial charge in [0.05, 0.1) is 12.4 Å². The lowest BCUT2D eigenvalue weighted by Crippen LogP contribution is -2.39. The Morgan fingerprint density at radius 1 is 1.20 bits per heavy atom. The Morgan fingerprint density at radius 2 is 2.03 bits per heavy atom. The fraction of sp³-hybridized carbons (Fsp3) is 0.318. The number of furan rings is 1. The van der Waals surface area contributed by atoms with Gasteiger partial charge in [-0.05, 0) is 49.5 Å². The van der Waals surface area contributed by atoms with Gasteiger partial charge >= 0.3 is 0 Å². The number of nitrogens with zero attached hydrogens (tertiary/aromatic N) is 3. The minimum absolute atomic E-state index is 0.0873. The molecule has 1 aliphatic heterocycles. The largest absolute Gasteiger partial charge is 0.448 e. The first kappa shape index (κ1) is 19.0. The molecule has 0 bridgehead atoms. The molecule has 0 spiro atoms. The molecule has 1 amide bonds. The topological polar surface area (TPSA) is 80.4 Å². The average Bonchev–Trinajstić information content (AvgIpc) is 3.52. The van der Waals surface area contributed by atoms with Gasteiger partial charge in [0, 0.05) is 16.8 Å². The second kappa shape index (κ2) is 8.04. The molecule has 1 aromatic carbocycles. The van der Waals surface area contributed by atoms with Gasteiger partial charge in [-0.1, -0.05) is 18.2 Å². The van der Waals surface area contributed by atoms with Crippen molar-refractivity contribution in [1.82, 2.24) is 19.8 Å². The Kier molecular flexibility index (Phi) is 5.10. The van der Waals surface area contributed by atoms with Crippen molar-refractivity contribution < 1.29 is 9.21 Å². The maximum atomic E-state index is 12.8. The molecule has 0 radical (unpaired) electrons. The Labute approximate surface area is 176 Å². The number of thiophene rings is 1. The SMILES string of the molecule is O=C(Cn1cnc2c(oc3ccccc32)c1=O)NCC(c1cccs1)N1CCCC1. The Morgan fingerprint density at radius 3 is 2.83 bits per heavy atom. The summed E-state index contributed by atoms with van der Waals surface area (Å²) in [7, 11) is 0. The molecule has 4 aromatic rings. The lowest BCUT2D eigenvalue weighted by atomic mass is 10.2. The van der Waals surface area contributed by atoms with Gasteiger partial charge in [-0.3, -0.25) is 19.1 Å². The average molecular weight is 423 g/mol. The summed E-state index contributed by atoms with van der Waals surface area (Å²) in [4.78, 5) is 33.5. The quantitative estimate of drug-likeness (QED) is 0.516. The summed E-state index contributed by atoms with van der Waals surface area (Å²) in [5.41, 5.74) is 0.975. The van der Waals surface area contributed by atoms with E-state index in [2.05, 4.69) is 26.6 Å². The van der Waals surface area contributed by atoms with Crippen molar-refractivity contribution in [3.8, 4) is 0 Å². The molecule has 154 valence electrons. The molecule has 30 heavy (non-hydrogen) atoms. The standard InChI is InChI=1S/C22H22N4O3S/c27-19(23-12-16(18-8-5-11-30-18)25-9-3-4-10-25)13-26-14-24-20-15-6-1-2-7-17(15)29-21(20)22(26)28/h1-2,5-8,11,14,16H,3-4,9-10,12-13H2,(H,23,27). The van der Waals surface area contributed by atoms with Crippen LogP contribution in [0.15, 0.2) is 57.3 Å². The van der Waals surface area contributed by atoms with Crippen LogP contribution in [-0.4, -0.2) is 40.0 Å². The van der Waals surface area contributed by atoms with Crippen LogP contribution in [-0.2, 0) is 11.3 Å². The van der Waals surface area contributed by atoms with Gasteiger partial charge < -0.3 is 9.73 Å². The predicted octanol–water partition coefficient (Wildman–Crippen LogP) is 3.16. The predicted molar refractivity (Wildman–Crippen MR) is 117 cm³/mol. The van der Waals surface area contributed by atoms with Gasteiger partial charge in [0.2, 0.25) is 11.5 Å². The van der Waals surface area contributed by atoms with E-state index in [0.29, 0.717) is 17.6 Å². The second-order valence-electron chi connectivity index (χ2n) is 7.53. The maximum absolute atomic E-state index is 12.8. The van der Waals surface area contributed by atoms with E-state index in [-0.39, 0.29) is 29.6 Å². The molecule has 5 rings (SSSR count). The fourth-order valence-electron chi connectivity index (χ4n) is 4.09. The lowest BCUT2D eigenvalue weighted by molar-refractivity contribution is -0.122. The summed E-state index contributed by atoms with van der Waals surface area (Å²) >= 11 is 1.71. The highest BCUT2D eigenvalue weighted by atomic mass is 32.1. The minimum Gasteiger partial charge on any atom is -0.448 e. The normalized spacial score (nSPS) is 15.7. The molecule has 1 aliphatic rings. The smallest absolute Gasteiger partial charge is 0.297 e. The van der Waals surface area contributed by atoms with Crippen LogP contribution in [0.2, 0.25) is 0 Å². The molecule has 0 aliphatic carbocycles. The Balaban J connectivity index is 1.32. The summed E-state index contributed by atoms with van der Waals surface area (Å²) in [5, 5.41) is 5.87. The molecule has 1 saturated heterocycles. The van der Waals surface area contributed by atoms with Crippen LogP contribution in [0.5, 0.6) is 0 Å². The molecule has 1 atom stereocenters. The van der Waals surface area contributed by atoms with Crippen LogP contribution < -0.4 is 10.9 Å².